The summed E-state index contributed by atoms with van der Waals surface area (Å²) in [7, 11) is 0. The predicted octanol–water partition coefficient (Wildman–Crippen LogP) is 4.64. The van der Waals surface area contributed by atoms with Crippen LogP contribution in [0, 0.1) is 13.8 Å². The molecule has 1 aliphatic heterocycles. The zero-order valence-electron chi connectivity index (χ0n) is 18.9. The Morgan fingerprint density at radius 3 is 2.66 bits per heavy atom. The summed E-state index contributed by atoms with van der Waals surface area (Å²) in [6.45, 7) is 8.76. The van der Waals surface area contributed by atoms with Gasteiger partial charge in [0.2, 0.25) is 11.1 Å². The molecule has 0 saturated carbocycles. The fourth-order valence-electron chi connectivity index (χ4n) is 3.76. The molecule has 0 aliphatic carbocycles. The Kier molecular flexibility index (Phi) is 6.69. The molecule has 2 N–H and O–H groups in total. The number of anilines is 1. The highest BCUT2D eigenvalue weighted by Gasteiger charge is 2.38. The van der Waals surface area contributed by atoms with Gasteiger partial charge in [-0.3, -0.25) is 4.79 Å². The molecule has 7 nitrogen and oxygen atoms in total. The van der Waals surface area contributed by atoms with Crippen LogP contribution in [0.2, 0.25) is 0 Å². The topological polar surface area (TPSA) is 81.1 Å². The van der Waals surface area contributed by atoms with Crippen molar-refractivity contribution in [3.63, 3.8) is 0 Å². The first kappa shape index (κ1) is 22.2. The molecular formula is C24H29N5O2S. The highest BCUT2D eigenvalue weighted by molar-refractivity contribution is 8.00. The molecule has 0 bridgehead atoms. The molecule has 0 radical (unpaired) electrons. The third-order valence-corrected chi connectivity index (χ3v) is 6.86. The minimum atomic E-state index is -0.418. The summed E-state index contributed by atoms with van der Waals surface area (Å²) in [6.07, 6.45) is 1.78. The summed E-state index contributed by atoms with van der Waals surface area (Å²) in [5.41, 5.74) is 7.56. The van der Waals surface area contributed by atoms with Crippen molar-refractivity contribution >= 4 is 23.4 Å². The van der Waals surface area contributed by atoms with E-state index in [0.29, 0.717) is 11.8 Å². The second-order valence-electron chi connectivity index (χ2n) is 7.87. The molecule has 1 aliphatic rings. The number of rotatable bonds is 7. The number of fused-ring (bicyclic) bond motifs is 1. The molecule has 2 atom stereocenters. The summed E-state index contributed by atoms with van der Waals surface area (Å²) in [5.74, 6) is 1.62. The minimum Gasteiger partial charge on any atom is -0.494 e. The van der Waals surface area contributed by atoms with Crippen molar-refractivity contribution in [2.24, 2.45) is 0 Å². The van der Waals surface area contributed by atoms with Crippen LogP contribution in [0.25, 0.3) is 0 Å². The van der Waals surface area contributed by atoms with Crippen molar-refractivity contribution in [3.8, 4) is 5.75 Å². The third kappa shape index (κ3) is 4.46. The molecule has 2 unspecified atom stereocenters. The normalized spacial score (nSPS) is 17.4. The van der Waals surface area contributed by atoms with Crippen molar-refractivity contribution in [2.75, 3.05) is 17.3 Å². The molecule has 2 aromatic carbocycles. The van der Waals surface area contributed by atoms with Gasteiger partial charge < -0.3 is 15.5 Å². The molecule has 1 aromatic heterocycles. The van der Waals surface area contributed by atoms with Crippen molar-refractivity contribution in [1.29, 1.82) is 0 Å². The zero-order chi connectivity index (χ0) is 22.7. The molecule has 4 rings (SSSR count). The van der Waals surface area contributed by atoms with Gasteiger partial charge in [-0.25, -0.2) is 4.68 Å². The van der Waals surface area contributed by atoms with E-state index < -0.39 is 5.25 Å². The van der Waals surface area contributed by atoms with Gasteiger partial charge in [0.05, 0.1) is 12.6 Å². The predicted molar refractivity (Wildman–Crippen MR) is 128 cm³/mol. The van der Waals surface area contributed by atoms with E-state index in [2.05, 4.69) is 27.9 Å². The van der Waals surface area contributed by atoms with Crippen LogP contribution in [-0.2, 0) is 11.2 Å². The van der Waals surface area contributed by atoms with Crippen LogP contribution in [0.1, 0.15) is 48.8 Å². The first-order valence-corrected chi connectivity index (χ1v) is 11.9. The highest BCUT2D eigenvalue weighted by atomic mass is 32.2. The van der Waals surface area contributed by atoms with Crippen LogP contribution in [0.4, 0.5) is 5.69 Å². The standard InChI is InChI=1S/C24H29N5O2S/c1-5-8-20-26-27-24-29(20)28-21(17-11-13-18(14-12-17)31-6-2)22(32-24)23(30)25-19-10-7-9-15(3)16(19)4/h7,9-14,21-22,28H,5-6,8H2,1-4H3,(H,25,30). The first-order chi connectivity index (χ1) is 15.5. The van der Waals surface area contributed by atoms with Crippen molar-refractivity contribution < 1.29 is 9.53 Å². The number of aromatic nitrogens is 3. The second-order valence-corrected chi connectivity index (χ2v) is 8.98. The monoisotopic (exact) mass is 451 g/mol. The van der Waals surface area contributed by atoms with Crippen LogP contribution in [-0.4, -0.2) is 32.6 Å². The molecule has 0 saturated heterocycles. The highest BCUT2D eigenvalue weighted by Crippen LogP contribution is 2.38. The van der Waals surface area contributed by atoms with Crippen LogP contribution < -0.4 is 15.5 Å². The van der Waals surface area contributed by atoms with Gasteiger partial charge in [-0.15, -0.1) is 10.2 Å². The van der Waals surface area contributed by atoms with E-state index in [-0.39, 0.29) is 11.9 Å². The molecule has 1 amide bonds. The molecule has 3 aromatic rings. The number of benzene rings is 2. The van der Waals surface area contributed by atoms with Gasteiger partial charge in [0.15, 0.2) is 5.82 Å². The number of amides is 1. The van der Waals surface area contributed by atoms with Crippen molar-refractivity contribution in [3.05, 3.63) is 65.0 Å². The van der Waals surface area contributed by atoms with Gasteiger partial charge in [0, 0.05) is 12.1 Å². The van der Waals surface area contributed by atoms with Gasteiger partial charge in [-0.2, -0.15) is 0 Å². The maximum Gasteiger partial charge on any atom is 0.240 e. The van der Waals surface area contributed by atoms with Gasteiger partial charge in [-0.05, 0) is 62.1 Å². The van der Waals surface area contributed by atoms with E-state index in [9.17, 15) is 4.79 Å². The lowest BCUT2D eigenvalue weighted by Crippen LogP contribution is -2.41. The average molecular weight is 452 g/mol. The molecule has 168 valence electrons. The van der Waals surface area contributed by atoms with Gasteiger partial charge in [0.1, 0.15) is 11.0 Å². The molecule has 0 fully saturated rings. The average Bonchev–Trinajstić information content (AvgIpc) is 3.19. The van der Waals surface area contributed by atoms with E-state index in [1.165, 1.54) is 11.8 Å². The Labute approximate surface area is 192 Å². The zero-order valence-corrected chi connectivity index (χ0v) is 19.7. The smallest absolute Gasteiger partial charge is 0.240 e. The number of hydrogen-bond donors (Lipinski definition) is 2. The Balaban J connectivity index is 1.66. The maximum absolute atomic E-state index is 13.5. The number of ether oxygens (including phenoxy) is 1. The first-order valence-electron chi connectivity index (χ1n) is 11.0. The lowest BCUT2D eigenvalue weighted by molar-refractivity contribution is -0.116. The molecule has 0 spiro atoms. The molecular weight excluding hydrogens is 422 g/mol. The maximum atomic E-state index is 13.5. The number of carbonyl (C=O) groups is 1. The Bertz CT molecular complexity index is 1100. The number of nitrogens with zero attached hydrogens (tertiary/aromatic N) is 3. The Hall–Kier alpha value is -3.00. The number of aryl methyl sites for hydroxylation is 2. The van der Waals surface area contributed by atoms with Crippen LogP contribution in [0.15, 0.2) is 47.6 Å². The fourth-order valence-corrected chi connectivity index (χ4v) is 4.86. The number of hydrogen-bond acceptors (Lipinski definition) is 6. The quantitative estimate of drug-likeness (QED) is 0.545. The van der Waals surface area contributed by atoms with Gasteiger partial charge >= 0.3 is 0 Å². The van der Waals surface area contributed by atoms with E-state index in [1.54, 1.807) is 0 Å². The van der Waals surface area contributed by atoms with Crippen LogP contribution >= 0.6 is 11.8 Å². The van der Waals surface area contributed by atoms with Crippen LogP contribution in [0.3, 0.4) is 0 Å². The van der Waals surface area contributed by atoms with Crippen LogP contribution in [0.5, 0.6) is 5.75 Å². The summed E-state index contributed by atoms with van der Waals surface area (Å²) in [5, 5.41) is 12.1. The molecule has 2 heterocycles. The lowest BCUT2D eigenvalue weighted by Gasteiger charge is -2.33. The lowest BCUT2D eigenvalue weighted by atomic mass is 10.0. The minimum absolute atomic E-state index is 0.0682. The summed E-state index contributed by atoms with van der Waals surface area (Å²) < 4.78 is 7.52. The fraction of sp³-hybridized carbons (Fsp3) is 0.375. The number of thioether (sulfide) groups is 1. The van der Waals surface area contributed by atoms with E-state index in [0.717, 1.165) is 46.8 Å². The van der Waals surface area contributed by atoms with E-state index in [4.69, 9.17) is 4.74 Å². The van der Waals surface area contributed by atoms with Crippen molar-refractivity contribution in [1.82, 2.24) is 14.9 Å². The second kappa shape index (κ2) is 9.65. The van der Waals surface area contributed by atoms with Gasteiger partial charge in [-0.1, -0.05) is 43.0 Å². The SMILES string of the molecule is CCCc1nnc2n1NC(c1ccc(OCC)cc1)C(C(=O)Nc1cccc(C)c1C)S2. The number of carbonyl (C=O) groups excluding carboxylic acids is 1. The van der Waals surface area contributed by atoms with Crippen molar-refractivity contribution in [2.45, 2.75) is 57.0 Å². The number of nitrogens with one attached hydrogen (secondary N) is 2. The summed E-state index contributed by atoms with van der Waals surface area (Å²) >= 11 is 1.44. The molecule has 32 heavy (non-hydrogen) atoms. The molecule has 8 heteroatoms. The van der Waals surface area contributed by atoms with E-state index in [1.807, 2.05) is 67.9 Å². The Morgan fingerprint density at radius 1 is 1.16 bits per heavy atom. The van der Waals surface area contributed by atoms with Gasteiger partial charge in [0.25, 0.3) is 0 Å². The summed E-state index contributed by atoms with van der Waals surface area (Å²) in [4.78, 5) is 13.5. The third-order valence-electron chi connectivity index (χ3n) is 5.65. The van der Waals surface area contributed by atoms with E-state index >= 15 is 0 Å². The Morgan fingerprint density at radius 2 is 1.94 bits per heavy atom. The largest absolute Gasteiger partial charge is 0.494 e. The summed E-state index contributed by atoms with van der Waals surface area (Å²) in [6, 6.07) is 13.6.